The first-order valence-electron chi connectivity index (χ1n) is 10.1. The van der Waals surface area contributed by atoms with E-state index in [9.17, 15) is 14.4 Å². The molecule has 1 heterocycles. The summed E-state index contributed by atoms with van der Waals surface area (Å²) in [6, 6.07) is 16.5. The van der Waals surface area contributed by atoms with Crippen molar-refractivity contribution in [3.05, 3.63) is 97.4 Å². The van der Waals surface area contributed by atoms with Crippen molar-refractivity contribution in [1.82, 2.24) is 5.32 Å². The number of rotatable bonds is 5. The summed E-state index contributed by atoms with van der Waals surface area (Å²) in [6.07, 6.45) is 1.41. The summed E-state index contributed by atoms with van der Waals surface area (Å²) in [5.41, 5.74) is 2.19. The monoisotopic (exact) mass is 558 g/mol. The standard InChI is InChI=1S/C25H17BrCl2N2O4/c1-14-10-17(26)7-9-21(14)30-24(32)18(23(31)29-25(30)33)12-16-4-2-3-5-22(16)34-13-15-6-8-19(27)20(28)11-15/h2-12H,13H2,1H3,(H,29,31,33)/b18-12-. The first-order chi connectivity index (χ1) is 16.2. The molecular formula is C25H17BrCl2N2O4. The predicted octanol–water partition coefficient (Wildman–Crippen LogP) is 6.31. The molecule has 0 spiro atoms. The highest BCUT2D eigenvalue weighted by Gasteiger charge is 2.37. The van der Waals surface area contributed by atoms with E-state index in [0.717, 1.165) is 14.9 Å². The molecule has 0 aromatic heterocycles. The van der Waals surface area contributed by atoms with Gasteiger partial charge in [-0.25, -0.2) is 9.69 Å². The summed E-state index contributed by atoms with van der Waals surface area (Å²) in [5, 5.41) is 3.09. The molecule has 0 unspecified atom stereocenters. The second-order valence-electron chi connectivity index (χ2n) is 7.46. The number of halogens is 3. The fourth-order valence-corrected chi connectivity index (χ4v) is 4.22. The van der Waals surface area contributed by atoms with Crippen molar-refractivity contribution in [2.24, 2.45) is 0 Å². The van der Waals surface area contributed by atoms with E-state index >= 15 is 0 Å². The van der Waals surface area contributed by atoms with Crippen LogP contribution in [0.3, 0.4) is 0 Å². The maximum absolute atomic E-state index is 13.2. The number of barbiturate groups is 1. The van der Waals surface area contributed by atoms with Crippen LogP contribution >= 0.6 is 39.1 Å². The Morgan fingerprint density at radius 3 is 2.50 bits per heavy atom. The largest absolute Gasteiger partial charge is 0.488 e. The van der Waals surface area contributed by atoms with Crippen molar-refractivity contribution < 1.29 is 19.1 Å². The van der Waals surface area contributed by atoms with E-state index in [-0.39, 0.29) is 12.2 Å². The number of carbonyl (C=O) groups excluding carboxylic acids is 3. The zero-order valence-corrected chi connectivity index (χ0v) is 20.9. The van der Waals surface area contributed by atoms with E-state index in [0.29, 0.717) is 32.6 Å². The topological polar surface area (TPSA) is 75.7 Å². The maximum Gasteiger partial charge on any atom is 0.335 e. The van der Waals surface area contributed by atoms with E-state index in [1.54, 1.807) is 67.6 Å². The molecule has 34 heavy (non-hydrogen) atoms. The van der Waals surface area contributed by atoms with Gasteiger partial charge in [0.2, 0.25) is 0 Å². The molecule has 1 saturated heterocycles. The Kier molecular flexibility index (Phi) is 7.07. The molecule has 0 atom stereocenters. The summed E-state index contributed by atoms with van der Waals surface area (Å²) in [4.78, 5) is 39.3. The number of urea groups is 1. The van der Waals surface area contributed by atoms with Gasteiger partial charge >= 0.3 is 6.03 Å². The van der Waals surface area contributed by atoms with Crippen LogP contribution in [0.2, 0.25) is 10.0 Å². The van der Waals surface area contributed by atoms with Crippen LogP contribution in [-0.4, -0.2) is 17.8 Å². The third kappa shape index (κ3) is 5.01. The molecule has 0 saturated carbocycles. The molecule has 4 amide bonds. The van der Waals surface area contributed by atoms with Crippen molar-refractivity contribution in [2.45, 2.75) is 13.5 Å². The lowest BCUT2D eigenvalue weighted by Gasteiger charge is -2.27. The number of anilines is 1. The molecule has 1 aliphatic heterocycles. The van der Waals surface area contributed by atoms with Crippen LogP contribution in [0.1, 0.15) is 16.7 Å². The van der Waals surface area contributed by atoms with E-state index in [4.69, 9.17) is 27.9 Å². The van der Waals surface area contributed by atoms with Gasteiger partial charge in [-0.05, 0) is 60.5 Å². The van der Waals surface area contributed by atoms with Gasteiger partial charge in [0, 0.05) is 10.0 Å². The molecule has 172 valence electrons. The smallest absolute Gasteiger partial charge is 0.335 e. The van der Waals surface area contributed by atoms with Crippen LogP contribution in [0.15, 0.2) is 70.7 Å². The minimum Gasteiger partial charge on any atom is -0.488 e. The average molecular weight is 560 g/mol. The summed E-state index contributed by atoms with van der Waals surface area (Å²) in [6.45, 7) is 1.96. The third-order valence-electron chi connectivity index (χ3n) is 5.10. The normalized spacial score (nSPS) is 15.0. The van der Waals surface area contributed by atoms with E-state index in [2.05, 4.69) is 21.2 Å². The van der Waals surface area contributed by atoms with E-state index < -0.39 is 17.8 Å². The molecule has 0 aliphatic carbocycles. The first kappa shape index (κ1) is 24.0. The van der Waals surface area contributed by atoms with Crippen LogP contribution in [0.5, 0.6) is 5.75 Å². The summed E-state index contributed by atoms with van der Waals surface area (Å²) in [7, 11) is 0. The van der Waals surface area contributed by atoms with Crippen LogP contribution in [0, 0.1) is 6.92 Å². The summed E-state index contributed by atoms with van der Waals surface area (Å²) in [5.74, 6) is -1.05. The van der Waals surface area contributed by atoms with E-state index in [1.165, 1.54) is 6.08 Å². The highest BCUT2D eigenvalue weighted by atomic mass is 79.9. The molecule has 4 rings (SSSR count). The lowest BCUT2D eigenvalue weighted by atomic mass is 10.0. The van der Waals surface area contributed by atoms with Gasteiger partial charge in [-0.1, -0.05) is 63.4 Å². The molecule has 9 heteroatoms. The number of nitrogens with zero attached hydrogens (tertiary/aromatic N) is 1. The molecule has 1 fully saturated rings. The molecular weight excluding hydrogens is 543 g/mol. The molecule has 6 nitrogen and oxygen atoms in total. The van der Waals surface area contributed by atoms with Gasteiger partial charge in [0.05, 0.1) is 15.7 Å². The van der Waals surface area contributed by atoms with Gasteiger partial charge in [-0.15, -0.1) is 0 Å². The fraction of sp³-hybridized carbons (Fsp3) is 0.0800. The lowest BCUT2D eigenvalue weighted by Crippen LogP contribution is -2.54. The Balaban J connectivity index is 1.65. The summed E-state index contributed by atoms with van der Waals surface area (Å²) >= 11 is 15.4. The quantitative estimate of drug-likeness (QED) is 0.293. The zero-order valence-electron chi connectivity index (χ0n) is 17.8. The first-order valence-corrected chi connectivity index (χ1v) is 11.6. The van der Waals surface area contributed by atoms with Crippen molar-refractivity contribution >= 4 is 68.7 Å². The Morgan fingerprint density at radius 1 is 1.00 bits per heavy atom. The van der Waals surface area contributed by atoms with Crippen molar-refractivity contribution in [1.29, 1.82) is 0 Å². The number of para-hydroxylation sites is 1. The minimum atomic E-state index is -0.804. The highest BCUT2D eigenvalue weighted by molar-refractivity contribution is 9.10. The fourth-order valence-electron chi connectivity index (χ4n) is 3.42. The second kappa shape index (κ2) is 10.0. The van der Waals surface area contributed by atoms with Crippen LogP contribution in [0.4, 0.5) is 10.5 Å². The molecule has 3 aromatic carbocycles. The van der Waals surface area contributed by atoms with Gasteiger partial charge in [-0.3, -0.25) is 14.9 Å². The Labute approximate surface area is 214 Å². The predicted molar refractivity (Wildman–Crippen MR) is 135 cm³/mol. The third-order valence-corrected chi connectivity index (χ3v) is 6.33. The number of nitrogens with one attached hydrogen (secondary N) is 1. The second-order valence-corrected chi connectivity index (χ2v) is 9.19. The number of carbonyl (C=O) groups is 3. The van der Waals surface area contributed by atoms with Crippen molar-refractivity contribution in [3.63, 3.8) is 0 Å². The Bertz CT molecular complexity index is 1360. The van der Waals surface area contributed by atoms with Crippen molar-refractivity contribution in [2.75, 3.05) is 4.90 Å². The van der Waals surface area contributed by atoms with Crippen LogP contribution in [-0.2, 0) is 16.2 Å². The number of benzene rings is 3. The summed E-state index contributed by atoms with van der Waals surface area (Å²) < 4.78 is 6.72. The average Bonchev–Trinajstić information content (AvgIpc) is 2.79. The SMILES string of the molecule is Cc1cc(Br)ccc1N1C(=O)NC(=O)/C(=C/c2ccccc2OCc2ccc(Cl)c(Cl)c2)C1=O. The van der Waals surface area contributed by atoms with E-state index in [1.807, 2.05) is 0 Å². The van der Waals surface area contributed by atoms with Gasteiger partial charge in [0.15, 0.2) is 0 Å². The number of ether oxygens (including phenoxy) is 1. The Morgan fingerprint density at radius 2 is 1.76 bits per heavy atom. The number of amides is 4. The number of hydrogen-bond acceptors (Lipinski definition) is 4. The molecule has 3 aromatic rings. The number of aryl methyl sites for hydroxylation is 1. The minimum absolute atomic E-state index is 0.187. The van der Waals surface area contributed by atoms with Crippen LogP contribution in [0.25, 0.3) is 6.08 Å². The number of imide groups is 2. The Hall–Kier alpha value is -3.13. The molecule has 0 radical (unpaired) electrons. The zero-order chi connectivity index (χ0) is 24.4. The highest BCUT2D eigenvalue weighted by Crippen LogP contribution is 2.29. The van der Waals surface area contributed by atoms with Crippen LogP contribution < -0.4 is 15.0 Å². The molecule has 0 bridgehead atoms. The lowest BCUT2D eigenvalue weighted by molar-refractivity contribution is -0.122. The van der Waals surface area contributed by atoms with Gasteiger partial charge in [0.1, 0.15) is 17.9 Å². The molecule has 1 N–H and O–H groups in total. The maximum atomic E-state index is 13.2. The van der Waals surface area contributed by atoms with Gasteiger partial charge in [-0.2, -0.15) is 0 Å². The van der Waals surface area contributed by atoms with Gasteiger partial charge < -0.3 is 4.74 Å². The number of hydrogen-bond donors (Lipinski definition) is 1. The van der Waals surface area contributed by atoms with Gasteiger partial charge in [0.25, 0.3) is 11.8 Å². The van der Waals surface area contributed by atoms with Crippen molar-refractivity contribution in [3.8, 4) is 5.75 Å². The molecule has 1 aliphatic rings.